The Hall–Kier alpha value is -4.93. The van der Waals surface area contributed by atoms with Crippen molar-refractivity contribution in [3.05, 3.63) is 36.5 Å². The number of aromatic nitrogens is 1. The van der Waals surface area contributed by atoms with E-state index in [0.717, 1.165) is 6.42 Å². The zero-order chi connectivity index (χ0) is 43.9. The maximum atomic E-state index is 15.1. The normalized spacial score (nSPS) is 29.8. The fourth-order valence-corrected chi connectivity index (χ4v) is 10.5. The summed E-state index contributed by atoms with van der Waals surface area (Å²) in [6, 6.07) is 3.25. The van der Waals surface area contributed by atoms with Gasteiger partial charge in [0, 0.05) is 49.0 Å². The Balaban J connectivity index is 1.22. The smallest absolute Gasteiger partial charge is 0.259 e. The molecular formula is C44H60N6O10S. The van der Waals surface area contributed by atoms with E-state index in [-0.39, 0.29) is 48.9 Å². The first kappa shape index (κ1) is 44.1. The molecule has 332 valence electrons. The number of rotatable bonds is 10. The number of hydrogen-bond donors (Lipinski definition) is 3. The van der Waals surface area contributed by atoms with Crippen LogP contribution >= 0.6 is 0 Å². The molecule has 1 aromatic heterocycles. The molecule has 2 saturated heterocycles. The molecule has 0 spiro atoms. The number of ether oxygens (including phenoxy) is 3. The van der Waals surface area contributed by atoms with Crippen molar-refractivity contribution >= 4 is 50.3 Å². The van der Waals surface area contributed by atoms with Crippen molar-refractivity contribution in [1.29, 1.82) is 0 Å². The average Bonchev–Trinajstić information content (AvgIpc) is 4.11. The van der Waals surface area contributed by atoms with Gasteiger partial charge in [-0.2, -0.15) is 0 Å². The molecular weight excluding hydrogens is 805 g/mol. The van der Waals surface area contributed by atoms with Crippen LogP contribution in [0.2, 0.25) is 0 Å². The second-order valence-corrected chi connectivity index (χ2v) is 20.2. The number of nitrogens with zero attached hydrogens (tertiary/aromatic N) is 3. The second-order valence-electron chi connectivity index (χ2n) is 18.0. The largest absolute Gasteiger partial charge is 0.497 e. The number of allylic oxidation sites excluding steroid dienone is 1. The first-order valence-electron chi connectivity index (χ1n) is 21.7. The summed E-state index contributed by atoms with van der Waals surface area (Å²) < 4.78 is 45.7. The summed E-state index contributed by atoms with van der Waals surface area (Å²) in [4.78, 5) is 77.6. The third-order valence-corrected chi connectivity index (χ3v) is 15.6. The van der Waals surface area contributed by atoms with E-state index in [2.05, 4.69) is 27.3 Å². The van der Waals surface area contributed by atoms with Gasteiger partial charge in [0.15, 0.2) is 0 Å². The van der Waals surface area contributed by atoms with Gasteiger partial charge in [0.2, 0.25) is 39.5 Å². The Labute approximate surface area is 357 Å². The Bertz CT molecular complexity index is 2190. The van der Waals surface area contributed by atoms with Gasteiger partial charge in [-0.3, -0.25) is 28.7 Å². The Morgan fingerprint density at radius 2 is 1.79 bits per heavy atom. The van der Waals surface area contributed by atoms with Crippen LogP contribution in [0.25, 0.3) is 10.8 Å². The molecule has 61 heavy (non-hydrogen) atoms. The molecule has 2 aliphatic carbocycles. The fraction of sp³-hybridized carbons (Fsp3) is 0.636. The van der Waals surface area contributed by atoms with Gasteiger partial charge in [-0.25, -0.2) is 13.4 Å². The van der Waals surface area contributed by atoms with Gasteiger partial charge in [0.1, 0.15) is 35.2 Å². The number of nitrogens with one attached hydrogen (secondary N) is 3. The van der Waals surface area contributed by atoms with E-state index in [9.17, 15) is 27.6 Å². The number of amides is 5. The lowest BCUT2D eigenvalue weighted by Gasteiger charge is -2.35. The van der Waals surface area contributed by atoms with Crippen LogP contribution in [0.15, 0.2) is 36.5 Å². The number of piperidine rings is 1. The maximum absolute atomic E-state index is 15.1. The highest BCUT2D eigenvalue weighted by Gasteiger charge is 2.63. The molecule has 7 atom stereocenters. The van der Waals surface area contributed by atoms with E-state index < -0.39 is 68.1 Å². The van der Waals surface area contributed by atoms with Gasteiger partial charge < -0.3 is 34.6 Å². The van der Waals surface area contributed by atoms with Crippen LogP contribution in [0.4, 0.5) is 0 Å². The molecule has 5 aliphatic rings. The number of hydrogen-bond acceptors (Lipinski definition) is 11. The lowest BCUT2D eigenvalue weighted by atomic mass is 9.87. The van der Waals surface area contributed by atoms with Crippen molar-refractivity contribution in [2.45, 2.75) is 121 Å². The minimum Gasteiger partial charge on any atom is -0.497 e. The monoisotopic (exact) mass is 864 g/mol. The lowest BCUT2D eigenvalue weighted by molar-refractivity contribution is -0.144. The lowest BCUT2D eigenvalue weighted by Crippen LogP contribution is -2.59. The van der Waals surface area contributed by atoms with E-state index in [4.69, 9.17) is 14.2 Å². The van der Waals surface area contributed by atoms with Crippen molar-refractivity contribution in [3.8, 4) is 17.4 Å². The van der Waals surface area contributed by atoms with Crippen LogP contribution in [0.3, 0.4) is 0 Å². The first-order chi connectivity index (χ1) is 29.0. The maximum Gasteiger partial charge on any atom is 0.259 e. The predicted molar refractivity (Wildman–Crippen MR) is 226 cm³/mol. The van der Waals surface area contributed by atoms with Crippen molar-refractivity contribution in [3.63, 3.8) is 0 Å². The van der Waals surface area contributed by atoms with Gasteiger partial charge in [0.05, 0.1) is 31.2 Å². The summed E-state index contributed by atoms with van der Waals surface area (Å²) in [5.41, 5.74) is -1.55. The zero-order valence-electron chi connectivity index (χ0n) is 36.0. The summed E-state index contributed by atoms with van der Waals surface area (Å²) in [7, 11) is -2.46. The topological polar surface area (TPSA) is 203 Å². The van der Waals surface area contributed by atoms with E-state index in [0.29, 0.717) is 80.5 Å². The van der Waals surface area contributed by atoms with Crippen LogP contribution in [0.1, 0.15) is 92.4 Å². The number of methoxy groups -OCH3 is 1. The number of sulfonamides is 1. The first-order valence-corrected chi connectivity index (χ1v) is 23.2. The third kappa shape index (κ3) is 9.17. The molecule has 4 heterocycles. The summed E-state index contributed by atoms with van der Waals surface area (Å²) in [5, 5.41) is 7.35. The number of pyridine rings is 1. The summed E-state index contributed by atoms with van der Waals surface area (Å²) in [5.74, 6) is -1.88. The van der Waals surface area contributed by atoms with Crippen LogP contribution < -0.4 is 29.6 Å². The van der Waals surface area contributed by atoms with Crippen molar-refractivity contribution in [2.24, 2.45) is 23.7 Å². The van der Waals surface area contributed by atoms with E-state index in [1.165, 1.54) is 11.8 Å². The van der Waals surface area contributed by atoms with Gasteiger partial charge in [-0.15, -0.1) is 0 Å². The van der Waals surface area contributed by atoms with Gasteiger partial charge in [0.25, 0.3) is 5.91 Å². The molecule has 17 heteroatoms. The number of benzene rings is 1. The summed E-state index contributed by atoms with van der Waals surface area (Å²) in [6.45, 7) is 10.2. The molecule has 1 aromatic carbocycles. The molecule has 0 bridgehead atoms. The van der Waals surface area contributed by atoms with Crippen molar-refractivity contribution in [1.82, 2.24) is 30.1 Å². The zero-order valence-corrected chi connectivity index (χ0v) is 36.8. The van der Waals surface area contributed by atoms with E-state index in [1.807, 2.05) is 32.1 Å². The minimum absolute atomic E-state index is 0.0215. The molecule has 3 aliphatic heterocycles. The highest BCUT2D eigenvalue weighted by molar-refractivity contribution is 7.91. The Kier molecular flexibility index (Phi) is 12.6. The molecule has 2 saturated carbocycles. The molecule has 0 unspecified atom stereocenters. The Morgan fingerprint density at radius 3 is 2.46 bits per heavy atom. The van der Waals surface area contributed by atoms with Crippen molar-refractivity contribution in [2.75, 3.05) is 33.4 Å². The number of fused-ring (bicyclic) bond motifs is 3. The Morgan fingerprint density at radius 1 is 1.05 bits per heavy atom. The fourth-order valence-electron chi connectivity index (χ4n) is 9.14. The third-order valence-electron chi connectivity index (χ3n) is 13.5. The van der Waals surface area contributed by atoms with Gasteiger partial charge in [-0.05, 0) is 95.2 Å². The highest BCUT2D eigenvalue weighted by Crippen LogP contribution is 2.48. The molecule has 7 rings (SSSR count). The van der Waals surface area contributed by atoms with Gasteiger partial charge in [-0.1, -0.05) is 26.0 Å². The van der Waals surface area contributed by atoms with E-state index in [1.54, 1.807) is 37.3 Å². The molecule has 2 aromatic rings. The number of likely N-dealkylation sites (tertiary alicyclic amines) is 1. The minimum atomic E-state index is -4.02. The van der Waals surface area contributed by atoms with Crippen LogP contribution in [0.5, 0.6) is 17.4 Å². The average molecular weight is 865 g/mol. The van der Waals surface area contributed by atoms with Crippen LogP contribution in [-0.4, -0.2) is 115 Å². The SMILES string of the molecule is CCOc1cnc(O[C@@H]2C[C@H]3C(=O)N[C@]4(C(=O)NS(=O)(=O)C5(C)CC5)C[C@H]4/C=C\CC[C@@H](C)C[C@@H](C)[C@H](NC(=O)C4CCN(C(C)=O)CC4)C(=O)N3C2)c2ccc(OC)cc12. The number of carbonyl (C=O) groups is 5. The molecule has 5 amide bonds. The van der Waals surface area contributed by atoms with Crippen molar-refractivity contribution < 1.29 is 46.6 Å². The standard InChI is InChI=1S/C44H60N6O10S/c1-7-59-36-24-45-40(33-13-12-31(58-6)21-34(33)36)60-32-22-35-39(53)47-44(42(55)48-61(56,57)43(5)16-17-43)23-30(44)11-9-8-10-26(2)20-27(3)37(41(54)50(35)25-32)46-38(52)29-14-18-49(19-15-29)28(4)51/h9,11-13,21,24,26-27,29-30,32,35,37H,7-8,10,14-20,22-23,25H2,1-6H3,(H,46,52)(H,47,53)(H,48,55)/b11-9-/t26-,27-,30-,32-,35+,37+,44-/m1/s1. The molecule has 4 fully saturated rings. The van der Waals surface area contributed by atoms with E-state index >= 15 is 4.79 Å². The quantitative estimate of drug-likeness (QED) is 0.295. The number of carbonyl (C=O) groups excluding carboxylic acids is 5. The highest BCUT2D eigenvalue weighted by atomic mass is 32.2. The summed E-state index contributed by atoms with van der Waals surface area (Å²) >= 11 is 0. The second kappa shape index (κ2) is 17.4. The van der Waals surface area contributed by atoms with Crippen LogP contribution in [0, 0.1) is 23.7 Å². The predicted octanol–water partition coefficient (Wildman–Crippen LogP) is 3.62. The van der Waals surface area contributed by atoms with Gasteiger partial charge >= 0.3 is 0 Å². The molecule has 3 N–H and O–H groups in total. The van der Waals surface area contributed by atoms with Crippen LogP contribution in [-0.2, 0) is 34.0 Å². The molecule has 16 nitrogen and oxygen atoms in total. The molecule has 0 radical (unpaired) electrons. The summed E-state index contributed by atoms with van der Waals surface area (Å²) in [6.07, 6.45) is 8.69.